The molecule has 0 amide bonds. The maximum atomic E-state index is 11.2. The summed E-state index contributed by atoms with van der Waals surface area (Å²) >= 11 is 1.32. The molecule has 2 N–H and O–H groups in total. The van der Waals surface area contributed by atoms with Gasteiger partial charge in [-0.15, -0.1) is 11.8 Å². The fourth-order valence-corrected chi connectivity index (χ4v) is 1.94. The molecule has 0 aliphatic heterocycles. The molecule has 0 radical (unpaired) electrons. The lowest BCUT2D eigenvalue weighted by atomic mass is 10.1. The summed E-state index contributed by atoms with van der Waals surface area (Å²) in [5.41, 5.74) is -1.50. The van der Waals surface area contributed by atoms with Gasteiger partial charge in [-0.2, -0.15) is 0 Å². The smallest absolute Gasteiger partial charge is 0.338 e. The molecule has 1 aromatic rings. The van der Waals surface area contributed by atoms with Crippen molar-refractivity contribution in [2.75, 3.05) is 12.9 Å². The summed E-state index contributed by atoms with van der Waals surface area (Å²) in [6.07, 6.45) is 0. The van der Waals surface area contributed by atoms with Crippen LogP contribution in [-0.2, 0) is 9.53 Å². The number of ether oxygens (including phenoxy) is 1. The molecule has 1 unspecified atom stereocenters. The minimum Gasteiger partial charge on any atom is -0.508 e. The Morgan fingerprint density at radius 1 is 1.44 bits per heavy atom. The summed E-state index contributed by atoms with van der Waals surface area (Å²) in [4.78, 5) is 12.0. The lowest BCUT2D eigenvalue weighted by Gasteiger charge is -2.19. The second-order valence-corrected chi connectivity index (χ2v) is 4.60. The van der Waals surface area contributed by atoms with Crippen molar-refractivity contribution in [1.29, 1.82) is 0 Å². The summed E-state index contributed by atoms with van der Waals surface area (Å²) in [6.45, 7) is 1.41. The lowest BCUT2D eigenvalue weighted by Crippen LogP contribution is -2.38. The zero-order valence-electron chi connectivity index (χ0n) is 9.14. The van der Waals surface area contributed by atoms with Crippen LogP contribution in [0.4, 0.5) is 0 Å². The van der Waals surface area contributed by atoms with Crippen LogP contribution in [0.3, 0.4) is 0 Å². The molecule has 1 aromatic carbocycles. The van der Waals surface area contributed by atoms with E-state index in [1.807, 2.05) is 0 Å². The van der Waals surface area contributed by atoms with Crippen LogP contribution < -0.4 is 0 Å². The number of hydrogen-bond donors (Lipinski definition) is 2. The maximum Gasteiger partial charge on any atom is 0.338 e. The molecule has 0 fully saturated rings. The van der Waals surface area contributed by atoms with Gasteiger partial charge in [-0.25, -0.2) is 4.79 Å². The molecule has 0 bridgehead atoms. The van der Waals surface area contributed by atoms with Crippen LogP contribution >= 0.6 is 11.8 Å². The maximum absolute atomic E-state index is 11.2. The molecule has 0 saturated carbocycles. The number of esters is 1. The van der Waals surface area contributed by atoms with E-state index >= 15 is 0 Å². The van der Waals surface area contributed by atoms with E-state index in [9.17, 15) is 9.90 Å². The molecular weight excluding hydrogens is 228 g/mol. The van der Waals surface area contributed by atoms with Gasteiger partial charge >= 0.3 is 5.97 Å². The number of thioether (sulfide) groups is 1. The number of aliphatic hydroxyl groups is 1. The van der Waals surface area contributed by atoms with E-state index in [4.69, 9.17) is 5.11 Å². The Morgan fingerprint density at radius 3 is 2.50 bits per heavy atom. The molecule has 0 spiro atoms. The van der Waals surface area contributed by atoms with Crippen molar-refractivity contribution in [3.05, 3.63) is 24.3 Å². The highest BCUT2D eigenvalue weighted by Crippen LogP contribution is 2.24. The van der Waals surface area contributed by atoms with Crippen LogP contribution in [0.2, 0.25) is 0 Å². The van der Waals surface area contributed by atoms with Gasteiger partial charge in [0.2, 0.25) is 0 Å². The van der Waals surface area contributed by atoms with Gasteiger partial charge in [0.25, 0.3) is 0 Å². The van der Waals surface area contributed by atoms with E-state index < -0.39 is 11.6 Å². The van der Waals surface area contributed by atoms with E-state index in [1.165, 1.54) is 25.8 Å². The van der Waals surface area contributed by atoms with E-state index in [2.05, 4.69) is 4.74 Å². The summed E-state index contributed by atoms with van der Waals surface area (Å²) < 4.78 is 4.48. The van der Waals surface area contributed by atoms with Gasteiger partial charge < -0.3 is 14.9 Å². The Morgan fingerprint density at radius 2 is 2.00 bits per heavy atom. The zero-order chi connectivity index (χ0) is 12.2. The molecular formula is C11H14O4S. The Labute approximate surface area is 98.2 Å². The largest absolute Gasteiger partial charge is 0.508 e. The molecule has 0 heterocycles. The topological polar surface area (TPSA) is 66.8 Å². The van der Waals surface area contributed by atoms with E-state index in [1.54, 1.807) is 24.3 Å². The minimum atomic E-state index is -1.50. The molecule has 1 atom stereocenters. The first-order valence-corrected chi connectivity index (χ1v) is 5.67. The number of carbonyl (C=O) groups excluding carboxylic acids is 1. The highest BCUT2D eigenvalue weighted by atomic mass is 32.2. The number of hydrogen-bond acceptors (Lipinski definition) is 5. The first-order valence-electron chi connectivity index (χ1n) is 4.68. The van der Waals surface area contributed by atoms with Gasteiger partial charge in [0.1, 0.15) is 5.75 Å². The van der Waals surface area contributed by atoms with Crippen LogP contribution in [0.1, 0.15) is 6.92 Å². The fourth-order valence-electron chi connectivity index (χ4n) is 1.05. The standard InChI is InChI=1S/C11H14O4S/c1-11(14,10(13)15-2)7-16-9-5-3-8(12)4-6-9/h3-6,12,14H,7H2,1-2H3. The van der Waals surface area contributed by atoms with Crippen molar-refractivity contribution in [3.8, 4) is 5.75 Å². The first kappa shape index (κ1) is 12.9. The summed E-state index contributed by atoms with van der Waals surface area (Å²) in [5.74, 6) is -0.271. The predicted molar refractivity (Wildman–Crippen MR) is 61.5 cm³/mol. The number of carbonyl (C=O) groups is 1. The van der Waals surface area contributed by atoms with Crippen molar-refractivity contribution in [3.63, 3.8) is 0 Å². The van der Waals surface area contributed by atoms with Gasteiger partial charge in [-0.1, -0.05) is 0 Å². The van der Waals surface area contributed by atoms with Crippen LogP contribution in [0.5, 0.6) is 5.75 Å². The van der Waals surface area contributed by atoms with Crippen LogP contribution in [0.25, 0.3) is 0 Å². The summed E-state index contributed by atoms with van der Waals surface area (Å²) in [7, 11) is 1.24. The van der Waals surface area contributed by atoms with E-state index in [0.29, 0.717) is 0 Å². The third-order valence-corrected chi connectivity index (χ3v) is 3.29. The second kappa shape index (κ2) is 5.23. The van der Waals surface area contributed by atoms with Crippen molar-refractivity contribution >= 4 is 17.7 Å². The fraction of sp³-hybridized carbons (Fsp3) is 0.364. The highest BCUT2D eigenvalue weighted by Gasteiger charge is 2.31. The molecule has 0 saturated heterocycles. The Bertz CT molecular complexity index is 359. The minimum absolute atomic E-state index is 0.184. The van der Waals surface area contributed by atoms with Gasteiger partial charge in [0, 0.05) is 10.6 Å². The number of phenolic OH excluding ortho intramolecular Hbond substituents is 1. The predicted octanol–water partition coefficient (Wildman–Crippen LogP) is 1.41. The highest BCUT2D eigenvalue weighted by molar-refractivity contribution is 7.99. The monoisotopic (exact) mass is 242 g/mol. The van der Waals surface area contributed by atoms with Gasteiger partial charge in [0.05, 0.1) is 7.11 Å². The number of benzene rings is 1. The normalized spacial score (nSPS) is 14.2. The number of methoxy groups -OCH3 is 1. The first-order chi connectivity index (χ1) is 7.45. The average molecular weight is 242 g/mol. The third kappa shape index (κ3) is 3.43. The third-order valence-electron chi connectivity index (χ3n) is 1.98. The Kier molecular flexibility index (Phi) is 4.20. The van der Waals surface area contributed by atoms with E-state index in [-0.39, 0.29) is 11.5 Å². The molecule has 88 valence electrons. The summed E-state index contributed by atoms with van der Waals surface area (Å²) in [6, 6.07) is 6.53. The van der Waals surface area contributed by atoms with Gasteiger partial charge in [-0.3, -0.25) is 0 Å². The molecule has 0 aliphatic rings. The number of aromatic hydroxyl groups is 1. The molecule has 0 aromatic heterocycles. The average Bonchev–Trinajstić information content (AvgIpc) is 2.27. The van der Waals surface area contributed by atoms with Crippen molar-refractivity contribution in [1.82, 2.24) is 0 Å². The van der Waals surface area contributed by atoms with Crippen molar-refractivity contribution < 1.29 is 19.7 Å². The zero-order valence-corrected chi connectivity index (χ0v) is 9.95. The Hall–Kier alpha value is -1.20. The van der Waals surface area contributed by atoms with Crippen LogP contribution in [-0.4, -0.2) is 34.6 Å². The van der Waals surface area contributed by atoms with Crippen LogP contribution in [0, 0.1) is 0 Å². The molecule has 1 rings (SSSR count). The lowest BCUT2D eigenvalue weighted by molar-refractivity contribution is -0.158. The summed E-state index contributed by atoms with van der Waals surface area (Å²) in [5, 5.41) is 18.8. The molecule has 5 heteroatoms. The van der Waals surface area contributed by atoms with Crippen molar-refractivity contribution in [2.45, 2.75) is 17.4 Å². The molecule has 4 nitrogen and oxygen atoms in total. The second-order valence-electron chi connectivity index (χ2n) is 3.55. The number of rotatable bonds is 4. The molecule has 16 heavy (non-hydrogen) atoms. The van der Waals surface area contributed by atoms with Crippen molar-refractivity contribution in [2.24, 2.45) is 0 Å². The Balaban J connectivity index is 2.57. The van der Waals surface area contributed by atoms with Gasteiger partial charge in [-0.05, 0) is 31.2 Å². The van der Waals surface area contributed by atoms with E-state index in [0.717, 1.165) is 4.90 Å². The number of phenols is 1. The van der Waals surface area contributed by atoms with Crippen LogP contribution in [0.15, 0.2) is 29.2 Å². The van der Waals surface area contributed by atoms with Gasteiger partial charge in [0.15, 0.2) is 5.60 Å². The quantitative estimate of drug-likeness (QED) is 0.617. The molecule has 0 aliphatic carbocycles. The SMILES string of the molecule is COC(=O)C(C)(O)CSc1ccc(O)cc1.